The van der Waals surface area contributed by atoms with Crippen molar-refractivity contribution in [1.82, 2.24) is 0 Å². The molecule has 0 radical (unpaired) electrons. The van der Waals surface area contributed by atoms with Crippen LogP contribution in [-0.2, 0) is 5.41 Å². The van der Waals surface area contributed by atoms with Gasteiger partial charge in [-0.05, 0) is 58.1 Å². The largest absolute Gasteiger partial charge is 0.135 e. The molecule has 0 saturated heterocycles. The lowest BCUT2D eigenvalue weighted by Crippen LogP contribution is -2.14. The summed E-state index contributed by atoms with van der Waals surface area (Å²) in [6.45, 7) is 4.75. The molecule has 7 aromatic rings. The highest BCUT2D eigenvalue weighted by Gasteiger charge is 2.37. The summed E-state index contributed by atoms with van der Waals surface area (Å²) < 4.78 is 5.51. The number of benzene rings is 5. The van der Waals surface area contributed by atoms with Crippen LogP contribution in [0, 0.1) is 0 Å². The van der Waals surface area contributed by atoms with Crippen molar-refractivity contribution in [3.63, 3.8) is 0 Å². The van der Waals surface area contributed by atoms with Gasteiger partial charge >= 0.3 is 0 Å². The fourth-order valence-electron chi connectivity index (χ4n) is 6.10. The topological polar surface area (TPSA) is 0 Å². The first-order valence-corrected chi connectivity index (χ1v) is 13.7. The molecule has 2 heterocycles. The molecule has 5 aromatic carbocycles. The molecule has 0 atom stereocenters. The van der Waals surface area contributed by atoms with Crippen LogP contribution < -0.4 is 0 Å². The third-order valence-corrected chi connectivity index (χ3v) is 10.2. The second-order valence-electron chi connectivity index (χ2n) is 10.2. The molecule has 0 nitrogen and oxygen atoms in total. The molecule has 1 aliphatic rings. The maximum absolute atomic E-state index is 2.45. The second-order valence-corrected chi connectivity index (χ2v) is 12.3. The van der Waals surface area contributed by atoms with Crippen molar-refractivity contribution >= 4 is 63.0 Å². The van der Waals surface area contributed by atoms with E-state index in [1.54, 1.807) is 0 Å². The number of fused-ring (bicyclic) bond motifs is 10. The van der Waals surface area contributed by atoms with Crippen LogP contribution in [0.3, 0.4) is 0 Å². The van der Waals surface area contributed by atoms with E-state index < -0.39 is 0 Å². The Kier molecular flexibility index (Phi) is 3.86. The van der Waals surface area contributed by atoms with Crippen LogP contribution in [-0.4, -0.2) is 0 Å². The van der Waals surface area contributed by atoms with E-state index in [-0.39, 0.29) is 5.41 Å². The van der Waals surface area contributed by atoms with E-state index in [4.69, 9.17) is 0 Å². The van der Waals surface area contributed by atoms with E-state index in [1.807, 2.05) is 22.7 Å². The van der Waals surface area contributed by atoms with Gasteiger partial charge in [-0.3, -0.25) is 0 Å². The highest BCUT2D eigenvalue weighted by molar-refractivity contribution is 7.26. The molecule has 35 heavy (non-hydrogen) atoms. The molecule has 0 amide bonds. The minimum Gasteiger partial charge on any atom is -0.135 e. The Balaban J connectivity index is 1.39. The summed E-state index contributed by atoms with van der Waals surface area (Å²) in [5, 5.41) is 5.46. The zero-order valence-electron chi connectivity index (χ0n) is 19.6. The summed E-state index contributed by atoms with van der Waals surface area (Å²) in [5.41, 5.74) is 8.30. The van der Waals surface area contributed by atoms with Gasteiger partial charge in [-0.1, -0.05) is 80.6 Å². The lowest BCUT2D eigenvalue weighted by atomic mass is 9.82. The highest BCUT2D eigenvalue weighted by atomic mass is 32.1. The van der Waals surface area contributed by atoms with Gasteiger partial charge in [0.25, 0.3) is 0 Å². The lowest BCUT2D eigenvalue weighted by Gasteiger charge is -2.21. The maximum atomic E-state index is 2.45. The Hall–Kier alpha value is -3.46. The van der Waals surface area contributed by atoms with Crippen molar-refractivity contribution < 1.29 is 0 Å². The first-order valence-electron chi connectivity index (χ1n) is 12.1. The van der Waals surface area contributed by atoms with Gasteiger partial charge in [0, 0.05) is 51.3 Å². The summed E-state index contributed by atoms with van der Waals surface area (Å²) in [4.78, 5) is 0. The second kappa shape index (κ2) is 6.81. The third kappa shape index (κ3) is 2.61. The quantitative estimate of drug-likeness (QED) is 0.218. The van der Waals surface area contributed by atoms with Gasteiger partial charge in [-0.25, -0.2) is 0 Å². The average molecular weight is 483 g/mol. The zero-order valence-corrected chi connectivity index (χ0v) is 21.2. The van der Waals surface area contributed by atoms with Gasteiger partial charge in [0.05, 0.1) is 0 Å². The molecule has 1 aliphatic carbocycles. The molecular formula is C33H22S2. The first kappa shape index (κ1) is 19.8. The summed E-state index contributed by atoms with van der Waals surface area (Å²) >= 11 is 3.82. The molecule has 0 N–H and O–H groups in total. The Morgan fingerprint density at radius 2 is 1.14 bits per heavy atom. The van der Waals surface area contributed by atoms with Crippen molar-refractivity contribution in [2.45, 2.75) is 19.3 Å². The molecule has 0 fully saturated rings. The van der Waals surface area contributed by atoms with Gasteiger partial charge in [-0.2, -0.15) is 0 Å². The lowest BCUT2D eigenvalue weighted by molar-refractivity contribution is 0.661. The molecule has 8 rings (SSSR count). The van der Waals surface area contributed by atoms with E-state index in [0.717, 1.165) is 0 Å². The SMILES string of the molecule is CC1(C)c2ccc(-c3ccc4sc5ccccc5c4c3)cc2-c2c1ccc1c2sc2ccccc21. The fraction of sp³-hybridized carbons (Fsp3) is 0.0909. The van der Waals surface area contributed by atoms with E-state index in [1.165, 1.54) is 73.7 Å². The van der Waals surface area contributed by atoms with Gasteiger partial charge in [-0.15, -0.1) is 22.7 Å². The van der Waals surface area contributed by atoms with E-state index in [2.05, 4.69) is 111 Å². The monoisotopic (exact) mass is 482 g/mol. The van der Waals surface area contributed by atoms with Crippen LogP contribution in [0.2, 0.25) is 0 Å². The van der Waals surface area contributed by atoms with Gasteiger partial charge in [0.15, 0.2) is 0 Å². The zero-order chi connectivity index (χ0) is 23.3. The van der Waals surface area contributed by atoms with Crippen molar-refractivity contribution in [2.24, 2.45) is 0 Å². The standard InChI is InChI=1S/C33H22S2/c1-33(2)26-14-11-19(20-12-16-30-24(17-20)22-8-4-5-9-28(22)34-30)18-25(26)31-27(33)15-13-23-21-7-3-6-10-29(21)35-32(23)31/h3-18H,1-2H3. The number of hydrogen-bond donors (Lipinski definition) is 0. The molecule has 2 aromatic heterocycles. The van der Waals surface area contributed by atoms with Crippen molar-refractivity contribution in [1.29, 1.82) is 0 Å². The maximum Gasteiger partial charge on any atom is 0.0437 e. The van der Waals surface area contributed by atoms with Gasteiger partial charge in [0.2, 0.25) is 0 Å². The van der Waals surface area contributed by atoms with Crippen molar-refractivity contribution in [3.05, 3.63) is 108 Å². The molecule has 0 spiro atoms. The predicted molar refractivity (Wildman–Crippen MR) is 155 cm³/mol. The molecule has 2 heteroatoms. The summed E-state index contributed by atoms with van der Waals surface area (Å²) in [7, 11) is 0. The number of rotatable bonds is 1. The Morgan fingerprint density at radius 1 is 0.514 bits per heavy atom. The Labute approximate surface area is 212 Å². The third-order valence-electron chi connectivity index (χ3n) is 7.89. The summed E-state index contributed by atoms with van der Waals surface area (Å²) in [6, 6.07) is 36.4. The van der Waals surface area contributed by atoms with Crippen LogP contribution in [0.5, 0.6) is 0 Å². The number of hydrogen-bond acceptors (Lipinski definition) is 2. The van der Waals surface area contributed by atoms with Crippen LogP contribution in [0.4, 0.5) is 0 Å². The Morgan fingerprint density at radius 3 is 1.97 bits per heavy atom. The molecule has 0 aliphatic heterocycles. The smallest absolute Gasteiger partial charge is 0.0437 e. The summed E-state index contributed by atoms with van der Waals surface area (Å²) in [5.74, 6) is 0. The van der Waals surface area contributed by atoms with Crippen LogP contribution >= 0.6 is 22.7 Å². The fourth-order valence-corrected chi connectivity index (χ4v) is 8.45. The Bertz CT molecular complexity index is 1980. The molecule has 0 unspecified atom stereocenters. The van der Waals surface area contributed by atoms with Gasteiger partial charge < -0.3 is 0 Å². The number of thiophene rings is 2. The molecule has 0 bridgehead atoms. The van der Waals surface area contributed by atoms with Crippen LogP contribution in [0.25, 0.3) is 62.6 Å². The molecule has 166 valence electrons. The minimum atomic E-state index is 0.00107. The molecule has 0 saturated carbocycles. The predicted octanol–water partition coefficient (Wildman–Crippen LogP) is 10.4. The van der Waals surface area contributed by atoms with Crippen molar-refractivity contribution in [3.8, 4) is 22.3 Å². The first-order chi connectivity index (χ1) is 17.1. The van der Waals surface area contributed by atoms with Crippen LogP contribution in [0.1, 0.15) is 25.0 Å². The normalized spacial score (nSPS) is 14.2. The van der Waals surface area contributed by atoms with Crippen molar-refractivity contribution in [2.75, 3.05) is 0 Å². The van der Waals surface area contributed by atoms with E-state index >= 15 is 0 Å². The molecular weight excluding hydrogens is 460 g/mol. The van der Waals surface area contributed by atoms with E-state index in [0.29, 0.717) is 0 Å². The van der Waals surface area contributed by atoms with Crippen LogP contribution in [0.15, 0.2) is 97.1 Å². The minimum absolute atomic E-state index is 0.00107. The average Bonchev–Trinajstić information content (AvgIpc) is 3.52. The summed E-state index contributed by atoms with van der Waals surface area (Å²) in [6.07, 6.45) is 0. The van der Waals surface area contributed by atoms with E-state index in [9.17, 15) is 0 Å². The van der Waals surface area contributed by atoms with Gasteiger partial charge in [0.1, 0.15) is 0 Å². The highest BCUT2D eigenvalue weighted by Crippen LogP contribution is 2.54.